The predicted octanol–water partition coefficient (Wildman–Crippen LogP) is 5.11. The van der Waals surface area contributed by atoms with Crippen molar-refractivity contribution in [1.29, 1.82) is 0 Å². The summed E-state index contributed by atoms with van der Waals surface area (Å²) in [5.74, 6) is 1.60. The largest absolute Gasteiger partial charge is 0.312 e. The molecule has 0 amide bonds. The van der Waals surface area contributed by atoms with Crippen LogP contribution in [-0.2, 0) is 0 Å². The van der Waals surface area contributed by atoms with Gasteiger partial charge in [-0.2, -0.15) is 0 Å². The highest BCUT2D eigenvalue weighted by atomic mass is 32.1. The van der Waals surface area contributed by atoms with Gasteiger partial charge < -0.3 is 5.32 Å². The molecule has 19 heavy (non-hydrogen) atoms. The van der Waals surface area contributed by atoms with Gasteiger partial charge in [-0.15, -0.1) is 11.3 Å². The van der Waals surface area contributed by atoms with E-state index in [9.17, 15) is 0 Å². The molecule has 1 N–H and O–H groups in total. The maximum atomic E-state index is 3.73. The molecule has 1 aromatic rings. The molecule has 1 saturated carbocycles. The Morgan fingerprint density at radius 3 is 2.58 bits per heavy atom. The summed E-state index contributed by atoms with van der Waals surface area (Å²) in [7, 11) is 0. The van der Waals surface area contributed by atoms with Crippen molar-refractivity contribution in [3.05, 3.63) is 21.9 Å². The van der Waals surface area contributed by atoms with E-state index in [0.29, 0.717) is 0 Å². The average Bonchev–Trinajstić information content (AvgIpc) is 2.62. The van der Waals surface area contributed by atoms with E-state index in [1.54, 1.807) is 5.56 Å². The SMILES string of the molecule is Cc1cc(C2CCCCCC2CNC(C)(C)C)cs1. The molecule has 1 aliphatic rings. The summed E-state index contributed by atoms with van der Waals surface area (Å²) in [6.07, 6.45) is 7.02. The maximum Gasteiger partial charge on any atom is 0.00966 e. The number of hydrogen-bond donors (Lipinski definition) is 1. The Morgan fingerprint density at radius 2 is 1.95 bits per heavy atom. The molecule has 2 unspecified atom stereocenters. The highest BCUT2D eigenvalue weighted by Gasteiger charge is 2.26. The number of aryl methyl sites for hydroxylation is 1. The molecule has 1 heterocycles. The number of nitrogens with one attached hydrogen (secondary N) is 1. The van der Waals surface area contributed by atoms with Crippen LogP contribution in [0.4, 0.5) is 0 Å². The monoisotopic (exact) mass is 279 g/mol. The van der Waals surface area contributed by atoms with Crippen LogP contribution in [0.15, 0.2) is 11.4 Å². The van der Waals surface area contributed by atoms with Gasteiger partial charge in [0, 0.05) is 10.4 Å². The van der Waals surface area contributed by atoms with Crippen LogP contribution in [0, 0.1) is 12.8 Å². The molecule has 2 heteroatoms. The van der Waals surface area contributed by atoms with E-state index in [0.717, 1.165) is 11.8 Å². The third-order valence-electron chi connectivity index (χ3n) is 4.23. The Balaban J connectivity index is 2.07. The first-order valence-corrected chi connectivity index (χ1v) is 8.64. The van der Waals surface area contributed by atoms with E-state index in [4.69, 9.17) is 0 Å². The van der Waals surface area contributed by atoms with Gasteiger partial charge in [-0.25, -0.2) is 0 Å². The molecule has 1 fully saturated rings. The number of thiophene rings is 1. The lowest BCUT2D eigenvalue weighted by atomic mass is 9.83. The first-order chi connectivity index (χ1) is 8.96. The van der Waals surface area contributed by atoms with Crippen LogP contribution in [0.25, 0.3) is 0 Å². The smallest absolute Gasteiger partial charge is 0.00966 e. The Bertz CT molecular complexity index is 388. The first kappa shape index (κ1) is 15.1. The molecule has 0 bridgehead atoms. The molecule has 0 radical (unpaired) electrons. The molecule has 1 aliphatic carbocycles. The van der Waals surface area contributed by atoms with Crippen LogP contribution >= 0.6 is 11.3 Å². The average molecular weight is 279 g/mol. The van der Waals surface area contributed by atoms with Gasteiger partial charge in [0.15, 0.2) is 0 Å². The number of rotatable bonds is 3. The third kappa shape index (κ3) is 4.61. The molecule has 0 aliphatic heterocycles. The van der Waals surface area contributed by atoms with Crippen LogP contribution in [0.1, 0.15) is 69.2 Å². The van der Waals surface area contributed by atoms with E-state index < -0.39 is 0 Å². The molecule has 108 valence electrons. The standard InChI is InChI=1S/C17H29NS/c1-13-10-15(12-19-13)16-9-7-5-6-8-14(16)11-18-17(2,3)4/h10,12,14,16,18H,5-9,11H2,1-4H3. The predicted molar refractivity (Wildman–Crippen MR) is 86.1 cm³/mol. The van der Waals surface area contributed by atoms with Crippen molar-refractivity contribution >= 4 is 11.3 Å². The van der Waals surface area contributed by atoms with Crippen molar-refractivity contribution in [2.75, 3.05) is 6.54 Å². The molecule has 2 rings (SSSR count). The highest BCUT2D eigenvalue weighted by Crippen LogP contribution is 2.38. The van der Waals surface area contributed by atoms with E-state index in [1.165, 1.54) is 43.5 Å². The lowest BCUT2D eigenvalue weighted by Crippen LogP contribution is -2.40. The Morgan fingerprint density at radius 1 is 1.21 bits per heavy atom. The van der Waals surface area contributed by atoms with Crippen LogP contribution in [0.3, 0.4) is 0 Å². The van der Waals surface area contributed by atoms with Gasteiger partial charge in [0.2, 0.25) is 0 Å². The second-order valence-electron chi connectivity index (χ2n) is 7.13. The van der Waals surface area contributed by atoms with Gasteiger partial charge in [-0.3, -0.25) is 0 Å². The molecule has 0 spiro atoms. The lowest BCUT2D eigenvalue weighted by Gasteiger charge is -2.29. The molecule has 1 aromatic heterocycles. The van der Waals surface area contributed by atoms with Crippen LogP contribution in [0.2, 0.25) is 0 Å². The van der Waals surface area contributed by atoms with Gasteiger partial charge in [0.1, 0.15) is 0 Å². The minimum Gasteiger partial charge on any atom is -0.312 e. The molecule has 2 atom stereocenters. The summed E-state index contributed by atoms with van der Waals surface area (Å²) in [6.45, 7) is 10.2. The lowest BCUT2D eigenvalue weighted by molar-refractivity contribution is 0.322. The topological polar surface area (TPSA) is 12.0 Å². The minimum atomic E-state index is 0.238. The van der Waals surface area contributed by atoms with E-state index >= 15 is 0 Å². The zero-order valence-electron chi connectivity index (χ0n) is 13.0. The minimum absolute atomic E-state index is 0.238. The summed E-state index contributed by atoms with van der Waals surface area (Å²) in [5, 5.41) is 6.13. The fourth-order valence-corrected chi connectivity index (χ4v) is 3.93. The quantitative estimate of drug-likeness (QED) is 0.758. The fourth-order valence-electron chi connectivity index (χ4n) is 3.16. The van der Waals surface area contributed by atoms with Gasteiger partial charge in [0.25, 0.3) is 0 Å². The van der Waals surface area contributed by atoms with Gasteiger partial charge in [-0.05, 0) is 75.9 Å². The van der Waals surface area contributed by atoms with E-state index in [-0.39, 0.29) is 5.54 Å². The Labute approximate surface area is 122 Å². The van der Waals surface area contributed by atoms with Crippen molar-refractivity contribution in [1.82, 2.24) is 5.32 Å². The normalized spacial score (nSPS) is 25.3. The molecule has 0 aromatic carbocycles. The van der Waals surface area contributed by atoms with Gasteiger partial charge in [-0.1, -0.05) is 19.3 Å². The van der Waals surface area contributed by atoms with Crippen molar-refractivity contribution in [2.45, 2.75) is 71.3 Å². The zero-order chi connectivity index (χ0) is 13.9. The Hall–Kier alpha value is -0.340. The first-order valence-electron chi connectivity index (χ1n) is 7.76. The third-order valence-corrected chi connectivity index (χ3v) is 5.11. The van der Waals surface area contributed by atoms with Crippen molar-refractivity contribution < 1.29 is 0 Å². The summed E-state index contributed by atoms with van der Waals surface area (Å²) in [4.78, 5) is 1.46. The van der Waals surface area contributed by atoms with Crippen molar-refractivity contribution in [3.63, 3.8) is 0 Å². The zero-order valence-corrected chi connectivity index (χ0v) is 13.8. The molecule has 0 saturated heterocycles. The summed E-state index contributed by atoms with van der Waals surface area (Å²) < 4.78 is 0. The van der Waals surface area contributed by atoms with Gasteiger partial charge in [0.05, 0.1) is 0 Å². The second-order valence-corrected chi connectivity index (χ2v) is 8.24. The van der Waals surface area contributed by atoms with Crippen molar-refractivity contribution in [2.24, 2.45) is 5.92 Å². The van der Waals surface area contributed by atoms with Crippen LogP contribution in [-0.4, -0.2) is 12.1 Å². The molecule has 1 nitrogen and oxygen atoms in total. The summed E-state index contributed by atoms with van der Waals surface area (Å²) >= 11 is 1.91. The maximum absolute atomic E-state index is 3.73. The molecular formula is C17H29NS. The fraction of sp³-hybridized carbons (Fsp3) is 0.765. The highest BCUT2D eigenvalue weighted by molar-refractivity contribution is 7.10. The van der Waals surface area contributed by atoms with E-state index in [1.807, 2.05) is 11.3 Å². The van der Waals surface area contributed by atoms with Crippen LogP contribution in [0.5, 0.6) is 0 Å². The second kappa shape index (κ2) is 6.41. The van der Waals surface area contributed by atoms with E-state index in [2.05, 4.69) is 44.5 Å². The van der Waals surface area contributed by atoms with Crippen molar-refractivity contribution in [3.8, 4) is 0 Å². The Kier molecular flexibility index (Phi) is 5.08. The summed E-state index contributed by atoms with van der Waals surface area (Å²) in [5.41, 5.74) is 1.84. The summed E-state index contributed by atoms with van der Waals surface area (Å²) in [6, 6.07) is 2.42. The van der Waals surface area contributed by atoms with Crippen LogP contribution < -0.4 is 5.32 Å². The van der Waals surface area contributed by atoms with Gasteiger partial charge >= 0.3 is 0 Å². The molecular weight excluding hydrogens is 250 g/mol. The number of hydrogen-bond acceptors (Lipinski definition) is 2.